The summed E-state index contributed by atoms with van der Waals surface area (Å²) in [6.07, 6.45) is 4.86. The predicted molar refractivity (Wildman–Crippen MR) is 122 cm³/mol. The molecular weight excluding hydrogens is 406 g/mol. The van der Waals surface area contributed by atoms with Gasteiger partial charge in [0, 0.05) is 26.2 Å². The van der Waals surface area contributed by atoms with Crippen LogP contribution in [0.1, 0.15) is 50.6 Å². The third kappa shape index (κ3) is 4.17. The maximum absolute atomic E-state index is 13.4. The lowest BCUT2D eigenvalue weighted by molar-refractivity contribution is -0.143. The van der Waals surface area contributed by atoms with Gasteiger partial charge in [-0.2, -0.15) is 5.10 Å². The molecule has 1 saturated carbocycles. The highest BCUT2D eigenvalue weighted by molar-refractivity contribution is 5.93. The smallest absolute Gasteiger partial charge is 0.243 e. The van der Waals surface area contributed by atoms with Crippen molar-refractivity contribution in [3.63, 3.8) is 0 Å². The average molecular weight is 440 g/mol. The summed E-state index contributed by atoms with van der Waals surface area (Å²) in [4.78, 5) is 28.1. The number of hydrogen-bond acceptors (Lipinski definition) is 5. The molecule has 1 aliphatic heterocycles. The second kappa shape index (κ2) is 9.03. The van der Waals surface area contributed by atoms with Crippen molar-refractivity contribution in [2.24, 2.45) is 7.05 Å². The van der Waals surface area contributed by atoms with E-state index in [1.807, 2.05) is 56.0 Å². The van der Waals surface area contributed by atoms with E-state index in [1.165, 1.54) is 0 Å². The van der Waals surface area contributed by atoms with Gasteiger partial charge in [0.25, 0.3) is 0 Å². The molecule has 1 aliphatic carbocycles. The molecule has 2 aliphatic rings. The fourth-order valence-electron chi connectivity index (χ4n) is 5.10. The van der Waals surface area contributed by atoms with Crippen molar-refractivity contribution in [1.29, 1.82) is 0 Å². The summed E-state index contributed by atoms with van der Waals surface area (Å²) in [7, 11) is 3.71. The van der Waals surface area contributed by atoms with Crippen LogP contribution in [0.5, 0.6) is 0 Å². The molecule has 1 aromatic carbocycles. The molecule has 8 heteroatoms. The van der Waals surface area contributed by atoms with E-state index in [1.54, 1.807) is 11.1 Å². The second-order valence-corrected chi connectivity index (χ2v) is 9.09. The van der Waals surface area contributed by atoms with Gasteiger partial charge in [-0.25, -0.2) is 0 Å². The van der Waals surface area contributed by atoms with Crippen LogP contribution < -0.4 is 10.6 Å². The number of hydrogen-bond donors (Lipinski definition) is 3. The average Bonchev–Trinajstić information content (AvgIpc) is 3.53. The van der Waals surface area contributed by atoms with Crippen LogP contribution in [0.3, 0.4) is 0 Å². The minimum Gasteiger partial charge on any atom is -0.391 e. The number of nitrogens with one attached hydrogen (secondary N) is 2. The monoisotopic (exact) mass is 439 g/mol. The van der Waals surface area contributed by atoms with Gasteiger partial charge in [-0.1, -0.05) is 37.1 Å². The minimum atomic E-state index is -0.682. The second-order valence-electron chi connectivity index (χ2n) is 9.09. The topological polar surface area (TPSA) is 99.5 Å². The number of carbonyl (C=O) groups is 2. The number of aryl methyl sites for hydroxylation is 1. The standard InChI is InChI=1S/C24H33N5O3/c1-16(17-6-8-18(9-7-17)20-10-13-26-28(20)3)27-22(31)21-14-19(30)15-29(21)23(32)24(25-2)11-4-5-12-24/h6-10,13,16,19,21,25,30H,4-5,11-12,14-15H2,1-3H3,(H,27,31)/t16-,19+,21-/m0/s1. The highest BCUT2D eigenvalue weighted by Crippen LogP contribution is 2.34. The molecule has 0 spiro atoms. The Kier molecular flexibility index (Phi) is 6.35. The number of likely N-dealkylation sites (tertiary alicyclic amines) is 1. The quantitative estimate of drug-likeness (QED) is 0.637. The molecule has 3 atom stereocenters. The van der Waals surface area contributed by atoms with Crippen molar-refractivity contribution in [3.05, 3.63) is 42.1 Å². The Hall–Kier alpha value is -2.71. The Labute approximate surface area is 189 Å². The maximum Gasteiger partial charge on any atom is 0.243 e. The van der Waals surface area contributed by atoms with Crippen molar-refractivity contribution in [1.82, 2.24) is 25.3 Å². The number of aromatic nitrogens is 2. The van der Waals surface area contributed by atoms with E-state index in [2.05, 4.69) is 15.7 Å². The predicted octanol–water partition coefficient (Wildman–Crippen LogP) is 1.76. The Balaban J connectivity index is 1.45. The van der Waals surface area contributed by atoms with E-state index in [0.717, 1.165) is 42.5 Å². The van der Waals surface area contributed by atoms with E-state index in [4.69, 9.17) is 0 Å². The van der Waals surface area contributed by atoms with Crippen molar-refractivity contribution in [2.75, 3.05) is 13.6 Å². The van der Waals surface area contributed by atoms with Crippen LogP contribution >= 0.6 is 0 Å². The molecule has 8 nitrogen and oxygen atoms in total. The molecule has 4 rings (SSSR count). The molecule has 32 heavy (non-hydrogen) atoms. The molecule has 2 amide bonds. The Morgan fingerprint density at radius 1 is 1.19 bits per heavy atom. The molecule has 0 radical (unpaired) electrons. The summed E-state index contributed by atoms with van der Waals surface area (Å²) in [6.45, 7) is 2.13. The fraction of sp³-hybridized carbons (Fsp3) is 0.542. The van der Waals surface area contributed by atoms with Gasteiger partial charge in [0.2, 0.25) is 11.8 Å². The molecule has 1 aromatic heterocycles. The zero-order valence-electron chi connectivity index (χ0n) is 19.0. The first kappa shape index (κ1) is 22.5. The number of amides is 2. The summed E-state index contributed by atoms with van der Waals surface area (Å²) < 4.78 is 1.82. The SMILES string of the molecule is CNC1(C(=O)N2C[C@H](O)C[C@H]2C(=O)N[C@@H](C)c2ccc(-c3ccnn3C)cc2)CCCC1. The van der Waals surface area contributed by atoms with Gasteiger partial charge in [-0.05, 0) is 44.0 Å². The van der Waals surface area contributed by atoms with Crippen LogP contribution in [0.2, 0.25) is 0 Å². The number of nitrogens with zero attached hydrogens (tertiary/aromatic N) is 3. The van der Waals surface area contributed by atoms with Gasteiger partial charge in [-0.15, -0.1) is 0 Å². The fourth-order valence-corrected chi connectivity index (χ4v) is 5.10. The Morgan fingerprint density at radius 3 is 2.47 bits per heavy atom. The first-order valence-electron chi connectivity index (χ1n) is 11.4. The van der Waals surface area contributed by atoms with E-state index in [9.17, 15) is 14.7 Å². The summed E-state index contributed by atoms with van der Waals surface area (Å²) in [6, 6.07) is 9.10. The van der Waals surface area contributed by atoms with Crippen LogP contribution in [-0.4, -0.2) is 62.9 Å². The van der Waals surface area contributed by atoms with Gasteiger partial charge in [0.05, 0.1) is 23.4 Å². The molecule has 2 fully saturated rings. The molecule has 2 heterocycles. The van der Waals surface area contributed by atoms with Crippen LogP contribution in [0.4, 0.5) is 0 Å². The van der Waals surface area contributed by atoms with E-state index in [-0.39, 0.29) is 30.8 Å². The zero-order chi connectivity index (χ0) is 22.9. The number of rotatable bonds is 6. The summed E-state index contributed by atoms with van der Waals surface area (Å²) >= 11 is 0. The normalized spacial score (nSPS) is 23.3. The first-order valence-corrected chi connectivity index (χ1v) is 11.4. The Bertz CT molecular complexity index is 964. The molecule has 1 saturated heterocycles. The lowest BCUT2D eigenvalue weighted by Crippen LogP contribution is -2.58. The van der Waals surface area contributed by atoms with E-state index < -0.39 is 17.7 Å². The number of carbonyl (C=O) groups excluding carboxylic acids is 2. The summed E-state index contributed by atoms with van der Waals surface area (Å²) in [5.41, 5.74) is 2.43. The lowest BCUT2D eigenvalue weighted by atomic mass is 9.95. The van der Waals surface area contributed by atoms with E-state index in [0.29, 0.717) is 0 Å². The summed E-state index contributed by atoms with van der Waals surface area (Å²) in [5, 5.41) is 20.7. The van der Waals surface area contributed by atoms with Crippen LogP contribution in [0.25, 0.3) is 11.3 Å². The van der Waals surface area contributed by atoms with Crippen molar-refractivity contribution >= 4 is 11.8 Å². The van der Waals surface area contributed by atoms with Crippen LogP contribution in [0, 0.1) is 0 Å². The number of likely N-dealkylation sites (N-methyl/N-ethyl adjacent to an activating group) is 1. The van der Waals surface area contributed by atoms with Crippen molar-refractivity contribution in [3.8, 4) is 11.3 Å². The molecule has 172 valence electrons. The van der Waals surface area contributed by atoms with Crippen LogP contribution in [-0.2, 0) is 16.6 Å². The van der Waals surface area contributed by atoms with Gasteiger partial charge < -0.3 is 20.6 Å². The Morgan fingerprint density at radius 2 is 1.88 bits per heavy atom. The largest absolute Gasteiger partial charge is 0.391 e. The molecule has 0 unspecified atom stereocenters. The van der Waals surface area contributed by atoms with Crippen molar-refractivity contribution in [2.45, 2.75) is 62.8 Å². The molecule has 2 aromatic rings. The molecule has 0 bridgehead atoms. The molecular formula is C24H33N5O3. The van der Waals surface area contributed by atoms with E-state index >= 15 is 0 Å². The maximum atomic E-state index is 13.4. The number of benzene rings is 1. The lowest BCUT2D eigenvalue weighted by Gasteiger charge is -2.35. The van der Waals surface area contributed by atoms with Gasteiger partial charge in [-0.3, -0.25) is 14.3 Å². The first-order chi connectivity index (χ1) is 15.3. The van der Waals surface area contributed by atoms with Gasteiger partial charge in [0.15, 0.2) is 0 Å². The third-order valence-corrected chi connectivity index (χ3v) is 7.07. The summed E-state index contributed by atoms with van der Waals surface area (Å²) in [5.74, 6) is -0.287. The zero-order valence-corrected chi connectivity index (χ0v) is 19.0. The van der Waals surface area contributed by atoms with Gasteiger partial charge in [0.1, 0.15) is 6.04 Å². The van der Waals surface area contributed by atoms with Crippen molar-refractivity contribution < 1.29 is 14.7 Å². The highest BCUT2D eigenvalue weighted by atomic mass is 16.3. The number of aliphatic hydroxyl groups excluding tert-OH is 1. The molecule has 3 N–H and O–H groups in total. The van der Waals surface area contributed by atoms with Crippen LogP contribution in [0.15, 0.2) is 36.5 Å². The number of aliphatic hydroxyl groups is 1. The number of β-amino-alcohol motifs (C(OH)–C–C–N with tert-alkyl or cyclic N) is 1. The third-order valence-electron chi connectivity index (χ3n) is 7.07. The highest BCUT2D eigenvalue weighted by Gasteiger charge is 2.48. The minimum absolute atomic E-state index is 0.0672. The van der Waals surface area contributed by atoms with Gasteiger partial charge >= 0.3 is 0 Å².